The van der Waals surface area contributed by atoms with Gasteiger partial charge in [-0.05, 0) is 36.9 Å². The lowest BCUT2D eigenvalue weighted by Gasteiger charge is -2.31. The monoisotopic (exact) mass is 445 g/mol. The lowest BCUT2D eigenvalue weighted by Crippen LogP contribution is -2.46. The Morgan fingerprint density at radius 1 is 1.06 bits per heavy atom. The van der Waals surface area contributed by atoms with E-state index in [-0.39, 0.29) is 30.0 Å². The highest BCUT2D eigenvalue weighted by atomic mass is 19.4. The Hall–Kier alpha value is -3.08. The van der Waals surface area contributed by atoms with Crippen molar-refractivity contribution in [3.05, 3.63) is 59.2 Å². The lowest BCUT2D eigenvalue weighted by atomic mass is 10.1. The van der Waals surface area contributed by atoms with E-state index in [9.17, 15) is 35.9 Å². The van der Waals surface area contributed by atoms with Gasteiger partial charge in [0.15, 0.2) is 0 Å². The van der Waals surface area contributed by atoms with Gasteiger partial charge >= 0.3 is 12.4 Å². The molecule has 0 radical (unpaired) electrons. The first-order chi connectivity index (χ1) is 14.4. The fraction of sp³-hybridized carbons (Fsp3) is 0.300. The molecule has 0 bridgehead atoms. The van der Waals surface area contributed by atoms with Crippen LogP contribution < -0.4 is 10.2 Å². The van der Waals surface area contributed by atoms with Crippen LogP contribution in [0, 0.1) is 0 Å². The summed E-state index contributed by atoms with van der Waals surface area (Å²) >= 11 is 0. The molecule has 1 N–H and O–H groups in total. The maximum atomic E-state index is 13.2. The van der Waals surface area contributed by atoms with Crippen LogP contribution in [-0.4, -0.2) is 36.9 Å². The molecule has 2 amide bonds. The normalized spacial score (nSPS) is 14.5. The Labute approximate surface area is 173 Å². The van der Waals surface area contributed by atoms with Crippen LogP contribution in [0.25, 0.3) is 0 Å². The van der Waals surface area contributed by atoms with Gasteiger partial charge < -0.3 is 5.32 Å². The Morgan fingerprint density at radius 2 is 1.74 bits per heavy atom. The van der Waals surface area contributed by atoms with Crippen molar-refractivity contribution in [3.8, 4) is 0 Å². The number of anilines is 2. The van der Waals surface area contributed by atoms with Gasteiger partial charge in [-0.2, -0.15) is 26.3 Å². The number of halogens is 6. The van der Waals surface area contributed by atoms with E-state index in [1.807, 2.05) is 0 Å². The van der Waals surface area contributed by atoms with Crippen LogP contribution in [0.15, 0.2) is 42.5 Å². The van der Waals surface area contributed by atoms with Crippen LogP contribution >= 0.6 is 0 Å². The first kappa shape index (κ1) is 22.6. The number of carbonyl (C=O) groups is 2. The van der Waals surface area contributed by atoms with Crippen LogP contribution in [0.2, 0.25) is 0 Å². The first-order valence-electron chi connectivity index (χ1n) is 9.01. The lowest BCUT2D eigenvalue weighted by molar-refractivity contribution is -0.138. The van der Waals surface area contributed by atoms with Gasteiger partial charge in [-0.25, -0.2) is 0 Å². The number of carbonyl (C=O) groups excluding carboxylic acids is 2. The number of hydrogen-bond acceptors (Lipinski definition) is 3. The molecular formula is C20H17F6N3O2. The maximum absolute atomic E-state index is 13.2. The highest BCUT2D eigenvalue weighted by molar-refractivity contribution is 6.10. The Kier molecular flexibility index (Phi) is 5.99. The number of hydrogen-bond donors (Lipinski definition) is 1. The van der Waals surface area contributed by atoms with E-state index >= 15 is 0 Å². The topological polar surface area (TPSA) is 52.7 Å². The molecule has 166 valence electrons. The molecule has 11 heteroatoms. The predicted molar refractivity (Wildman–Crippen MR) is 100 cm³/mol. The molecule has 0 fully saturated rings. The number of fused-ring (bicyclic) bond motifs is 1. The van der Waals surface area contributed by atoms with Crippen molar-refractivity contribution in [2.75, 3.05) is 30.4 Å². The Balaban J connectivity index is 1.78. The van der Waals surface area contributed by atoms with Crippen LogP contribution in [-0.2, 0) is 28.5 Å². The van der Waals surface area contributed by atoms with Gasteiger partial charge in [-0.1, -0.05) is 18.2 Å². The highest BCUT2D eigenvalue weighted by Gasteiger charge is 2.35. The number of alkyl halides is 6. The molecule has 0 saturated carbocycles. The Morgan fingerprint density at radius 3 is 2.39 bits per heavy atom. The number of benzene rings is 2. The highest BCUT2D eigenvalue weighted by Crippen LogP contribution is 2.37. The zero-order chi connectivity index (χ0) is 23.0. The van der Waals surface area contributed by atoms with Crippen molar-refractivity contribution in [1.82, 2.24) is 4.90 Å². The maximum Gasteiger partial charge on any atom is 0.416 e. The van der Waals surface area contributed by atoms with Crippen LogP contribution in [0.3, 0.4) is 0 Å². The summed E-state index contributed by atoms with van der Waals surface area (Å²) in [7, 11) is 1.43. The smallest absolute Gasteiger partial charge is 0.323 e. The third-order valence-corrected chi connectivity index (χ3v) is 4.66. The second kappa shape index (κ2) is 8.22. The molecule has 0 aromatic heterocycles. The number of rotatable bonds is 4. The summed E-state index contributed by atoms with van der Waals surface area (Å²) in [5.74, 6) is -1.31. The quantitative estimate of drug-likeness (QED) is 0.720. The third-order valence-electron chi connectivity index (χ3n) is 4.66. The predicted octanol–water partition coefficient (Wildman–Crippen LogP) is 4.14. The van der Waals surface area contributed by atoms with Crippen molar-refractivity contribution in [2.45, 2.75) is 18.9 Å². The van der Waals surface area contributed by atoms with Crippen LogP contribution in [0.5, 0.6) is 0 Å². The number of likely N-dealkylation sites (N-methyl/N-ethyl adjacent to an activating group) is 1. The summed E-state index contributed by atoms with van der Waals surface area (Å²) in [6, 6.07) is 7.55. The molecule has 0 unspecified atom stereocenters. The molecule has 31 heavy (non-hydrogen) atoms. The summed E-state index contributed by atoms with van der Waals surface area (Å²) in [5.41, 5.74) is -1.92. The minimum atomic E-state index is -4.63. The van der Waals surface area contributed by atoms with Crippen molar-refractivity contribution in [1.29, 1.82) is 0 Å². The minimum absolute atomic E-state index is 0.0306. The van der Waals surface area contributed by atoms with Gasteiger partial charge in [0.1, 0.15) is 6.54 Å². The summed E-state index contributed by atoms with van der Waals surface area (Å²) in [5, 5.41) is 2.30. The van der Waals surface area contributed by atoms with Gasteiger partial charge in [0.25, 0.3) is 0 Å². The number of nitrogens with one attached hydrogen (secondary N) is 1. The van der Waals surface area contributed by atoms with E-state index in [1.165, 1.54) is 30.1 Å². The van der Waals surface area contributed by atoms with Crippen molar-refractivity contribution in [3.63, 3.8) is 0 Å². The standard InChI is InChI=1S/C20H17F6N3O2/c1-28(9-12-4-2-3-5-14(12)20(24,25)26)11-18(31)29-10-17(30)27-15-8-13(19(21,22)23)6-7-16(15)29/h2-8H,9-11H2,1H3,(H,27,30). The summed E-state index contributed by atoms with van der Waals surface area (Å²) in [6.07, 6.45) is -9.18. The van der Waals surface area contributed by atoms with Gasteiger partial charge in [0.05, 0.1) is 29.0 Å². The molecule has 0 atom stereocenters. The molecule has 0 saturated heterocycles. The van der Waals surface area contributed by atoms with Crippen molar-refractivity contribution in [2.24, 2.45) is 0 Å². The molecule has 0 spiro atoms. The van der Waals surface area contributed by atoms with E-state index in [2.05, 4.69) is 5.32 Å². The van der Waals surface area contributed by atoms with Crippen LogP contribution in [0.1, 0.15) is 16.7 Å². The molecular weight excluding hydrogens is 428 g/mol. The van der Waals surface area contributed by atoms with E-state index < -0.39 is 41.8 Å². The van der Waals surface area contributed by atoms with Crippen molar-refractivity contribution >= 4 is 23.2 Å². The SMILES string of the molecule is CN(CC(=O)N1CC(=O)Nc2cc(C(F)(F)F)ccc21)Cc1ccccc1C(F)(F)F. The summed E-state index contributed by atoms with van der Waals surface area (Å²) in [4.78, 5) is 27.0. The fourth-order valence-corrected chi connectivity index (χ4v) is 3.29. The zero-order valence-corrected chi connectivity index (χ0v) is 16.1. The summed E-state index contributed by atoms with van der Waals surface area (Å²) < 4.78 is 78.3. The van der Waals surface area contributed by atoms with Gasteiger partial charge in [-0.15, -0.1) is 0 Å². The molecule has 1 aliphatic heterocycles. The average Bonchev–Trinajstić information content (AvgIpc) is 2.65. The van der Waals surface area contributed by atoms with Crippen molar-refractivity contribution < 1.29 is 35.9 Å². The van der Waals surface area contributed by atoms with Gasteiger partial charge in [-0.3, -0.25) is 19.4 Å². The fourth-order valence-electron chi connectivity index (χ4n) is 3.29. The molecule has 5 nitrogen and oxygen atoms in total. The van der Waals surface area contributed by atoms with Gasteiger partial charge in [0.2, 0.25) is 11.8 Å². The van der Waals surface area contributed by atoms with E-state index in [0.717, 1.165) is 29.2 Å². The zero-order valence-electron chi connectivity index (χ0n) is 16.1. The molecule has 1 heterocycles. The Bertz CT molecular complexity index is 1000. The van der Waals surface area contributed by atoms with E-state index in [0.29, 0.717) is 0 Å². The average molecular weight is 445 g/mol. The van der Waals surface area contributed by atoms with E-state index in [4.69, 9.17) is 0 Å². The molecule has 1 aliphatic rings. The van der Waals surface area contributed by atoms with Gasteiger partial charge in [0, 0.05) is 6.54 Å². The summed E-state index contributed by atoms with van der Waals surface area (Å²) in [6.45, 7) is -0.953. The first-order valence-corrected chi connectivity index (χ1v) is 9.01. The number of amides is 2. The molecule has 2 aromatic carbocycles. The second-order valence-corrected chi connectivity index (χ2v) is 7.08. The molecule has 3 rings (SSSR count). The third kappa shape index (κ3) is 5.16. The molecule has 2 aromatic rings. The van der Waals surface area contributed by atoms with E-state index in [1.54, 1.807) is 0 Å². The molecule has 0 aliphatic carbocycles. The minimum Gasteiger partial charge on any atom is -0.323 e. The van der Waals surface area contributed by atoms with Crippen LogP contribution in [0.4, 0.5) is 37.7 Å². The second-order valence-electron chi connectivity index (χ2n) is 7.08. The number of nitrogens with zero attached hydrogens (tertiary/aromatic N) is 2. The largest absolute Gasteiger partial charge is 0.416 e.